The fourth-order valence-electron chi connectivity index (χ4n) is 1.09. The molecule has 0 amide bonds. The molecular weight excluding hydrogens is 254 g/mol. The maximum atomic E-state index is 13.6. The fourth-order valence-corrected chi connectivity index (χ4v) is 2.58. The SMILES string of the molecule is CP(C)(=O)c1cccc(CBr)c1F. The number of alkyl halides is 1. The summed E-state index contributed by atoms with van der Waals surface area (Å²) in [5.41, 5.74) is 0.557. The Morgan fingerprint density at radius 3 is 2.54 bits per heavy atom. The minimum absolute atomic E-state index is 0.337. The van der Waals surface area contributed by atoms with E-state index in [-0.39, 0.29) is 5.82 Å². The van der Waals surface area contributed by atoms with Crippen LogP contribution in [0.3, 0.4) is 0 Å². The van der Waals surface area contributed by atoms with Crippen LogP contribution in [0.2, 0.25) is 0 Å². The first kappa shape index (κ1) is 10.9. The fraction of sp³-hybridized carbons (Fsp3) is 0.333. The molecule has 0 fully saturated rings. The third-order valence-electron chi connectivity index (χ3n) is 1.78. The van der Waals surface area contributed by atoms with E-state index in [1.54, 1.807) is 31.5 Å². The molecule has 0 aliphatic heterocycles. The lowest BCUT2D eigenvalue weighted by molar-refractivity contribution is 0.583. The molecule has 0 heterocycles. The van der Waals surface area contributed by atoms with Crippen LogP contribution >= 0.6 is 23.1 Å². The highest BCUT2D eigenvalue weighted by Gasteiger charge is 2.17. The Kier molecular flexibility index (Phi) is 3.31. The lowest BCUT2D eigenvalue weighted by atomic mass is 10.2. The van der Waals surface area contributed by atoms with E-state index >= 15 is 0 Å². The van der Waals surface area contributed by atoms with Gasteiger partial charge < -0.3 is 4.57 Å². The summed E-state index contributed by atoms with van der Waals surface area (Å²) < 4.78 is 25.2. The zero-order chi connectivity index (χ0) is 10.1. The summed E-state index contributed by atoms with van der Waals surface area (Å²) in [6.45, 7) is 3.15. The van der Waals surface area contributed by atoms with Crippen molar-refractivity contribution in [1.82, 2.24) is 0 Å². The number of rotatable bonds is 2. The van der Waals surface area contributed by atoms with Gasteiger partial charge in [-0.05, 0) is 25.0 Å². The first-order valence-electron chi connectivity index (χ1n) is 3.85. The van der Waals surface area contributed by atoms with Crippen molar-refractivity contribution in [2.24, 2.45) is 0 Å². The predicted octanol–water partition coefficient (Wildman–Crippen LogP) is 2.97. The molecule has 1 nitrogen and oxygen atoms in total. The van der Waals surface area contributed by atoms with Gasteiger partial charge in [0.1, 0.15) is 13.0 Å². The number of hydrogen-bond acceptors (Lipinski definition) is 1. The van der Waals surface area contributed by atoms with E-state index in [2.05, 4.69) is 15.9 Å². The zero-order valence-corrected chi connectivity index (χ0v) is 10.0. The van der Waals surface area contributed by atoms with E-state index in [1.807, 2.05) is 0 Å². The van der Waals surface area contributed by atoms with Gasteiger partial charge in [-0.15, -0.1) is 0 Å². The molecule has 0 spiro atoms. The molecule has 0 bridgehead atoms. The molecular formula is C9H11BrFOP. The topological polar surface area (TPSA) is 17.1 Å². The van der Waals surface area contributed by atoms with Crippen LogP contribution in [0.4, 0.5) is 4.39 Å². The number of halogens is 2. The highest BCUT2D eigenvalue weighted by molar-refractivity contribution is 9.08. The smallest absolute Gasteiger partial charge is 0.137 e. The summed E-state index contributed by atoms with van der Waals surface area (Å²) in [6, 6.07) is 5.00. The molecule has 1 aromatic carbocycles. The molecule has 72 valence electrons. The first-order chi connectivity index (χ1) is 5.96. The monoisotopic (exact) mass is 264 g/mol. The second-order valence-electron chi connectivity index (χ2n) is 3.23. The maximum Gasteiger partial charge on any atom is 0.137 e. The van der Waals surface area contributed by atoms with Crippen LogP contribution in [0.25, 0.3) is 0 Å². The minimum Gasteiger partial charge on any atom is -0.319 e. The van der Waals surface area contributed by atoms with Crippen molar-refractivity contribution < 1.29 is 8.96 Å². The lowest BCUT2D eigenvalue weighted by Gasteiger charge is -2.09. The standard InChI is InChI=1S/C9H11BrFOP/c1-13(2,12)8-5-3-4-7(6-10)9(8)11/h3-5H,6H2,1-2H3. The van der Waals surface area contributed by atoms with Gasteiger partial charge >= 0.3 is 0 Å². The predicted molar refractivity (Wildman–Crippen MR) is 58.1 cm³/mol. The summed E-state index contributed by atoms with van der Waals surface area (Å²) in [5, 5.41) is 0.789. The second kappa shape index (κ2) is 3.93. The van der Waals surface area contributed by atoms with Crippen LogP contribution in [0.15, 0.2) is 18.2 Å². The van der Waals surface area contributed by atoms with Gasteiger partial charge in [-0.1, -0.05) is 28.1 Å². The van der Waals surface area contributed by atoms with Gasteiger partial charge in [0, 0.05) is 10.6 Å². The third kappa shape index (κ3) is 2.41. The summed E-state index contributed by atoms with van der Waals surface area (Å²) in [6.07, 6.45) is 0. The van der Waals surface area contributed by atoms with Gasteiger partial charge in [-0.3, -0.25) is 0 Å². The highest BCUT2D eigenvalue weighted by atomic mass is 79.9. The van der Waals surface area contributed by atoms with Gasteiger partial charge in [-0.2, -0.15) is 0 Å². The van der Waals surface area contributed by atoms with E-state index in [1.165, 1.54) is 0 Å². The Morgan fingerprint density at radius 1 is 1.46 bits per heavy atom. The van der Waals surface area contributed by atoms with E-state index in [4.69, 9.17) is 0 Å². The van der Waals surface area contributed by atoms with Crippen molar-refractivity contribution in [1.29, 1.82) is 0 Å². The van der Waals surface area contributed by atoms with Gasteiger partial charge in [-0.25, -0.2) is 4.39 Å². The zero-order valence-electron chi connectivity index (χ0n) is 7.55. The molecule has 0 N–H and O–H groups in total. The number of hydrogen-bond donors (Lipinski definition) is 0. The van der Waals surface area contributed by atoms with Crippen LogP contribution < -0.4 is 5.30 Å². The molecule has 0 aromatic heterocycles. The molecule has 0 saturated heterocycles. The molecule has 0 atom stereocenters. The maximum absolute atomic E-state index is 13.6. The van der Waals surface area contributed by atoms with Gasteiger partial charge in [0.25, 0.3) is 0 Å². The van der Waals surface area contributed by atoms with Crippen molar-refractivity contribution in [2.45, 2.75) is 5.33 Å². The summed E-state index contributed by atoms with van der Waals surface area (Å²) in [4.78, 5) is 0. The van der Waals surface area contributed by atoms with Gasteiger partial charge in [0.15, 0.2) is 0 Å². The van der Waals surface area contributed by atoms with Crippen molar-refractivity contribution in [2.75, 3.05) is 13.3 Å². The van der Waals surface area contributed by atoms with E-state index in [9.17, 15) is 8.96 Å². The molecule has 13 heavy (non-hydrogen) atoms. The average molecular weight is 265 g/mol. The Labute approximate surface area is 85.8 Å². The molecule has 0 unspecified atom stereocenters. The molecule has 0 aliphatic rings. The largest absolute Gasteiger partial charge is 0.319 e. The quantitative estimate of drug-likeness (QED) is 0.593. The van der Waals surface area contributed by atoms with E-state index < -0.39 is 7.14 Å². The molecule has 0 aliphatic carbocycles. The average Bonchev–Trinajstić information content (AvgIpc) is 2.02. The van der Waals surface area contributed by atoms with Crippen LogP contribution in [0, 0.1) is 5.82 Å². The van der Waals surface area contributed by atoms with E-state index in [0.717, 1.165) is 0 Å². The molecule has 0 radical (unpaired) electrons. The molecule has 0 saturated carbocycles. The normalized spacial score (nSPS) is 11.7. The third-order valence-corrected chi connectivity index (χ3v) is 3.89. The van der Waals surface area contributed by atoms with Crippen LogP contribution in [0.1, 0.15) is 5.56 Å². The summed E-state index contributed by atoms with van der Waals surface area (Å²) >= 11 is 3.18. The van der Waals surface area contributed by atoms with Crippen molar-refractivity contribution in [3.63, 3.8) is 0 Å². The number of benzene rings is 1. The van der Waals surface area contributed by atoms with Crippen molar-refractivity contribution in [3.05, 3.63) is 29.6 Å². The van der Waals surface area contributed by atoms with Crippen LogP contribution in [-0.2, 0) is 9.90 Å². The first-order valence-corrected chi connectivity index (χ1v) is 7.58. The van der Waals surface area contributed by atoms with Crippen LogP contribution in [-0.4, -0.2) is 13.3 Å². The molecule has 4 heteroatoms. The van der Waals surface area contributed by atoms with Gasteiger partial charge in [0.05, 0.1) is 0 Å². The Hall–Kier alpha value is -0.140. The van der Waals surface area contributed by atoms with Crippen molar-refractivity contribution in [3.8, 4) is 0 Å². The van der Waals surface area contributed by atoms with Gasteiger partial charge in [0.2, 0.25) is 0 Å². The highest BCUT2D eigenvalue weighted by Crippen LogP contribution is 2.36. The lowest BCUT2D eigenvalue weighted by Crippen LogP contribution is -2.10. The molecule has 1 rings (SSSR count). The Morgan fingerprint density at radius 2 is 2.08 bits per heavy atom. The Bertz CT molecular complexity index is 359. The Balaban J connectivity index is 3.32. The second-order valence-corrected chi connectivity index (χ2v) is 6.98. The van der Waals surface area contributed by atoms with E-state index in [0.29, 0.717) is 16.2 Å². The van der Waals surface area contributed by atoms with Crippen LogP contribution in [0.5, 0.6) is 0 Å². The van der Waals surface area contributed by atoms with Crippen molar-refractivity contribution >= 4 is 28.4 Å². The summed E-state index contributed by atoms with van der Waals surface area (Å²) in [5.74, 6) is -0.340. The summed E-state index contributed by atoms with van der Waals surface area (Å²) in [7, 11) is -2.49. The minimum atomic E-state index is -2.49. The molecule has 1 aromatic rings.